The molecule has 0 unspecified atom stereocenters. The Hall–Kier alpha value is -3.34. The highest BCUT2D eigenvalue weighted by atomic mass is 16.6. The van der Waals surface area contributed by atoms with Gasteiger partial charge in [0.15, 0.2) is 0 Å². The molecule has 2 amide bonds. The van der Waals surface area contributed by atoms with Gasteiger partial charge in [-0.1, -0.05) is 54.6 Å². The smallest absolute Gasteiger partial charge is 0.417 e. The van der Waals surface area contributed by atoms with Crippen molar-refractivity contribution >= 4 is 22.8 Å². The zero-order valence-electron chi connectivity index (χ0n) is 15.8. The Balaban J connectivity index is 1.63. The van der Waals surface area contributed by atoms with Crippen molar-refractivity contribution in [3.8, 4) is 5.75 Å². The summed E-state index contributed by atoms with van der Waals surface area (Å²) in [6.07, 6.45) is -0.587. The predicted octanol–water partition coefficient (Wildman–Crippen LogP) is 4.67. The standard InChI is InChI=1S/C23H21NO4/c1-15(17-8-9-19-13-20(27-2)11-10-18(19)12-17)22(25)24-21(14-28-23(24)26)16-6-4-3-5-7-16/h3-13,15,21H,14H2,1-2H3/t15-,21-/m0/s1. The summed E-state index contributed by atoms with van der Waals surface area (Å²) in [5, 5.41) is 2.05. The molecule has 142 valence electrons. The Morgan fingerprint density at radius 2 is 1.79 bits per heavy atom. The summed E-state index contributed by atoms with van der Waals surface area (Å²) in [6, 6.07) is 20.8. The van der Waals surface area contributed by atoms with E-state index in [-0.39, 0.29) is 12.5 Å². The Morgan fingerprint density at radius 3 is 2.54 bits per heavy atom. The molecule has 5 heteroatoms. The van der Waals surface area contributed by atoms with Gasteiger partial charge in [0.2, 0.25) is 5.91 Å². The monoisotopic (exact) mass is 375 g/mol. The second-order valence-corrected chi connectivity index (χ2v) is 6.91. The normalized spacial score (nSPS) is 17.4. The maximum absolute atomic E-state index is 13.2. The van der Waals surface area contributed by atoms with Gasteiger partial charge in [-0.2, -0.15) is 0 Å². The van der Waals surface area contributed by atoms with E-state index in [1.54, 1.807) is 7.11 Å². The number of amides is 2. The van der Waals surface area contributed by atoms with Gasteiger partial charge in [-0.05, 0) is 41.0 Å². The molecule has 0 saturated carbocycles. The zero-order chi connectivity index (χ0) is 19.7. The van der Waals surface area contributed by atoms with Crippen LogP contribution in [0.15, 0.2) is 66.7 Å². The fraction of sp³-hybridized carbons (Fsp3) is 0.217. The van der Waals surface area contributed by atoms with Crippen LogP contribution in [0.2, 0.25) is 0 Å². The summed E-state index contributed by atoms with van der Waals surface area (Å²) < 4.78 is 10.4. The van der Waals surface area contributed by atoms with Crippen LogP contribution in [0.5, 0.6) is 5.75 Å². The first-order valence-corrected chi connectivity index (χ1v) is 9.21. The number of carbonyl (C=O) groups excluding carboxylic acids is 2. The lowest BCUT2D eigenvalue weighted by atomic mass is 9.95. The van der Waals surface area contributed by atoms with Crippen molar-refractivity contribution < 1.29 is 19.1 Å². The number of nitrogens with zero attached hydrogens (tertiary/aromatic N) is 1. The molecule has 0 aliphatic carbocycles. The molecule has 1 heterocycles. The first kappa shape index (κ1) is 18.0. The van der Waals surface area contributed by atoms with E-state index in [1.165, 1.54) is 4.90 Å². The molecular weight excluding hydrogens is 354 g/mol. The average Bonchev–Trinajstić information content (AvgIpc) is 3.13. The van der Waals surface area contributed by atoms with Crippen LogP contribution in [0.1, 0.15) is 30.0 Å². The summed E-state index contributed by atoms with van der Waals surface area (Å²) in [4.78, 5) is 26.7. The molecule has 0 N–H and O–H groups in total. The molecule has 1 aliphatic rings. The molecule has 5 nitrogen and oxygen atoms in total. The van der Waals surface area contributed by atoms with Crippen LogP contribution in [0.25, 0.3) is 10.8 Å². The van der Waals surface area contributed by atoms with E-state index >= 15 is 0 Å². The average molecular weight is 375 g/mol. The maximum atomic E-state index is 13.2. The number of benzene rings is 3. The summed E-state index contributed by atoms with van der Waals surface area (Å²) in [6.45, 7) is 2.00. The van der Waals surface area contributed by atoms with Crippen LogP contribution in [0.4, 0.5) is 4.79 Å². The van der Waals surface area contributed by atoms with Gasteiger partial charge in [0.1, 0.15) is 18.4 Å². The summed E-state index contributed by atoms with van der Waals surface area (Å²) in [5.74, 6) is 0.0578. The van der Waals surface area contributed by atoms with E-state index in [2.05, 4.69) is 0 Å². The number of ether oxygens (including phenoxy) is 2. The molecule has 4 rings (SSSR count). The number of carbonyl (C=O) groups is 2. The van der Waals surface area contributed by atoms with E-state index < -0.39 is 18.1 Å². The van der Waals surface area contributed by atoms with E-state index in [0.29, 0.717) is 0 Å². The van der Waals surface area contributed by atoms with Crippen LogP contribution >= 0.6 is 0 Å². The van der Waals surface area contributed by atoms with Crippen LogP contribution in [0.3, 0.4) is 0 Å². The third-order valence-electron chi connectivity index (χ3n) is 5.24. The number of imide groups is 1. The Labute approximate surface area is 163 Å². The van der Waals surface area contributed by atoms with Crippen molar-refractivity contribution in [2.75, 3.05) is 13.7 Å². The van der Waals surface area contributed by atoms with Gasteiger partial charge in [0.05, 0.1) is 13.0 Å². The summed E-state index contributed by atoms with van der Waals surface area (Å²) in [7, 11) is 1.63. The molecule has 0 bridgehead atoms. The second kappa shape index (κ2) is 7.35. The fourth-order valence-electron chi connectivity index (χ4n) is 3.58. The van der Waals surface area contributed by atoms with Crippen LogP contribution in [-0.4, -0.2) is 30.6 Å². The lowest BCUT2D eigenvalue weighted by Crippen LogP contribution is -2.37. The Bertz CT molecular complexity index is 1030. The SMILES string of the molecule is COc1ccc2cc([C@H](C)C(=O)N3C(=O)OC[C@H]3c3ccccc3)ccc2c1. The van der Waals surface area contributed by atoms with Crippen molar-refractivity contribution in [3.63, 3.8) is 0 Å². The zero-order valence-corrected chi connectivity index (χ0v) is 15.8. The molecule has 1 fully saturated rings. The molecule has 0 aromatic heterocycles. The molecule has 3 aromatic carbocycles. The number of rotatable bonds is 4. The van der Waals surface area contributed by atoms with Gasteiger partial charge in [-0.3, -0.25) is 4.79 Å². The molecule has 1 saturated heterocycles. The van der Waals surface area contributed by atoms with Crippen molar-refractivity contribution in [2.45, 2.75) is 18.9 Å². The van der Waals surface area contributed by atoms with Crippen LogP contribution in [0, 0.1) is 0 Å². The predicted molar refractivity (Wildman–Crippen MR) is 106 cm³/mol. The van der Waals surface area contributed by atoms with E-state index in [4.69, 9.17) is 9.47 Å². The third-order valence-corrected chi connectivity index (χ3v) is 5.24. The largest absolute Gasteiger partial charge is 0.497 e. The number of methoxy groups -OCH3 is 1. The minimum Gasteiger partial charge on any atom is -0.497 e. The van der Waals surface area contributed by atoms with E-state index in [1.807, 2.05) is 73.7 Å². The topological polar surface area (TPSA) is 55.8 Å². The first-order chi connectivity index (χ1) is 13.6. The minimum absolute atomic E-state index is 0.179. The minimum atomic E-state index is -0.587. The third kappa shape index (κ3) is 3.20. The molecule has 28 heavy (non-hydrogen) atoms. The van der Waals surface area contributed by atoms with Crippen LogP contribution in [-0.2, 0) is 9.53 Å². The van der Waals surface area contributed by atoms with Gasteiger partial charge in [0.25, 0.3) is 0 Å². The van der Waals surface area contributed by atoms with Crippen molar-refractivity contribution in [3.05, 3.63) is 77.9 Å². The Kier molecular flexibility index (Phi) is 4.74. The molecule has 3 aromatic rings. The highest BCUT2D eigenvalue weighted by Gasteiger charge is 2.40. The molecular formula is C23H21NO4. The summed E-state index contributed by atoms with van der Waals surface area (Å²) in [5.41, 5.74) is 1.74. The lowest BCUT2D eigenvalue weighted by Gasteiger charge is -2.23. The highest BCUT2D eigenvalue weighted by molar-refractivity contribution is 5.97. The van der Waals surface area contributed by atoms with E-state index in [0.717, 1.165) is 27.6 Å². The second-order valence-electron chi connectivity index (χ2n) is 6.91. The molecule has 0 radical (unpaired) electrons. The lowest BCUT2D eigenvalue weighted by molar-refractivity contribution is -0.130. The number of cyclic esters (lactones) is 1. The number of hydrogen-bond donors (Lipinski definition) is 0. The first-order valence-electron chi connectivity index (χ1n) is 9.21. The molecule has 2 atom stereocenters. The van der Waals surface area contributed by atoms with Gasteiger partial charge >= 0.3 is 6.09 Å². The quantitative estimate of drug-likeness (QED) is 0.665. The van der Waals surface area contributed by atoms with E-state index in [9.17, 15) is 9.59 Å². The van der Waals surface area contributed by atoms with Crippen LogP contribution < -0.4 is 4.74 Å². The van der Waals surface area contributed by atoms with Crippen molar-refractivity contribution in [2.24, 2.45) is 0 Å². The van der Waals surface area contributed by atoms with Gasteiger partial charge < -0.3 is 9.47 Å². The Morgan fingerprint density at radius 1 is 1.07 bits per heavy atom. The maximum Gasteiger partial charge on any atom is 0.417 e. The molecule has 0 spiro atoms. The fourth-order valence-corrected chi connectivity index (χ4v) is 3.58. The van der Waals surface area contributed by atoms with Gasteiger partial charge in [-0.15, -0.1) is 0 Å². The number of fused-ring (bicyclic) bond motifs is 1. The molecule has 1 aliphatic heterocycles. The number of hydrogen-bond acceptors (Lipinski definition) is 4. The summed E-state index contributed by atoms with van der Waals surface area (Å²) >= 11 is 0. The van der Waals surface area contributed by atoms with Crippen molar-refractivity contribution in [1.29, 1.82) is 0 Å². The highest BCUT2D eigenvalue weighted by Crippen LogP contribution is 2.32. The van der Waals surface area contributed by atoms with Crippen molar-refractivity contribution in [1.82, 2.24) is 4.90 Å². The van der Waals surface area contributed by atoms with Gasteiger partial charge in [-0.25, -0.2) is 9.69 Å². The van der Waals surface area contributed by atoms with Gasteiger partial charge in [0, 0.05) is 0 Å².